The lowest BCUT2D eigenvalue weighted by atomic mass is 10.1. The molecule has 0 aliphatic heterocycles. The lowest BCUT2D eigenvalue weighted by Crippen LogP contribution is -2.04. The van der Waals surface area contributed by atoms with Gasteiger partial charge in [0, 0.05) is 17.6 Å². The predicted octanol–water partition coefficient (Wildman–Crippen LogP) is 2.31. The Balaban J connectivity index is 2.09. The molecule has 2 rings (SSSR count). The highest BCUT2D eigenvalue weighted by atomic mass is 35.5. The lowest BCUT2D eigenvalue weighted by Gasteiger charge is -2.04. The molecule has 0 unspecified atom stereocenters. The number of hydrogen-bond acceptors (Lipinski definition) is 4. The summed E-state index contributed by atoms with van der Waals surface area (Å²) in [5, 5.41) is 0.731. The van der Waals surface area contributed by atoms with Crippen LogP contribution in [0.15, 0.2) is 30.5 Å². The predicted molar refractivity (Wildman–Crippen MR) is 70.7 cm³/mol. The van der Waals surface area contributed by atoms with Crippen molar-refractivity contribution in [1.82, 2.24) is 9.97 Å². The molecule has 0 amide bonds. The van der Waals surface area contributed by atoms with Crippen LogP contribution < -0.4 is 5.73 Å². The van der Waals surface area contributed by atoms with Crippen molar-refractivity contribution in [1.29, 1.82) is 0 Å². The van der Waals surface area contributed by atoms with Gasteiger partial charge in [0.15, 0.2) is 6.29 Å². The van der Waals surface area contributed by atoms with Gasteiger partial charge in [0.25, 0.3) is 0 Å². The average molecular weight is 262 g/mol. The van der Waals surface area contributed by atoms with Crippen LogP contribution >= 0.6 is 11.6 Å². The zero-order chi connectivity index (χ0) is 13.0. The molecule has 0 aliphatic carbocycles. The van der Waals surface area contributed by atoms with Gasteiger partial charge in [0.05, 0.1) is 5.56 Å². The van der Waals surface area contributed by atoms with Gasteiger partial charge in [0.2, 0.25) is 0 Å². The van der Waals surface area contributed by atoms with Gasteiger partial charge in [-0.15, -0.1) is 0 Å². The number of carbonyl (C=O) groups is 1. The van der Waals surface area contributed by atoms with E-state index in [0.29, 0.717) is 24.1 Å². The van der Waals surface area contributed by atoms with Gasteiger partial charge in [0.1, 0.15) is 11.6 Å². The summed E-state index contributed by atoms with van der Waals surface area (Å²) in [7, 11) is 0. The Kier molecular flexibility index (Phi) is 3.89. The number of anilines is 1. The highest BCUT2D eigenvalue weighted by Gasteiger charge is 2.05. The average Bonchev–Trinajstić information content (AvgIpc) is 2.38. The molecule has 1 aromatic carbocycles. The Morgan fingerprint density at radius 1 is 1.28 bits per heavy atom. The molecule has 0 spiro atoms. The van der Waals surface area contributed by atoms with E-state index in [9.17, 15) is 4.79 Å². The lowest BCUT2D eigenvalue weighted by molar-refractivity contribution is 0.112. The van der Waals surface area contributed by atoms with Gasteiger partial charge in [-0.25, -0.2) is 9.97 Å². The van der Waals surface area contributed by atoms with E-state index < -0.39 is 0 Å². The molecule has 0 saturated heterocycles. The van der Waals surface area contributed by atoms with E-state index in [0.717, 1.165) is 17.0 Å². The first-order valence-electron chi connectivity index (χ1n) is 5.50. The molecular weight excluding hydrogens is 250 g/mol. The number of benzene rings is 1. The maximum atomic E-state index is 10.6. The first-order valence-corrected chi connectivity index (χ1v) is 5.88. The number of nitrogens with zero attached hydrogens (tertiary/aromatic N) is 2. The highest BCUT2D eigenvalue weighted by molar-refractivity contribution is 6.31. The van der Waals surface area contributed by atoms with Crippen LogP contribution in [0.3, 0.4) is 0 Å². The number of aryl methyl sites for hydroxylation is 2. The van der Waals surface area contributed by atoms with Crippen LogP contribution in [-0.2, 0) is 12.8 Å². The highest BCUT2D eigenvalue weighted by Crippen LogP contribution is 2.16. The third-order valence-electron chi connectivity index (χ3n) is 2.60. The summed E-state index contributed by atoms with van der Waals surface area (Å²) in [5.74, 6) is 0.826. The van der Waals surface area contributed by atoms with E-state index >= 15 is 0 Å². The minimum atomic E-state index is 0.217. The molecule has 0 aliphatic rings. The second-order valence-electron chi connectivity index (χ2n) is 3.84. The maximum Gasteiger partial charge on any atom is 0.155 e. The number of aromatic nitrogens is 2. The summed E-state index contributed by atoms with van der Waals surface area (Å²) < 4.78 is 0. The minimum Gasteiger partial charge on any atom is -0.383 e. The van der Waals surface area contributed by atoms with Gasteiger partial charge in [-0.3, -0.25) is 4.79 Å². The molecule has 0 saturated carbocycles. The molecule has 2 aromatic rings. The molecule has 5 heteroatoms. The maximum absolute atomic E-state index is 10.6. The molecule has 2 N–H and O–H groups in total. The molecule has 92 valence electrons. The van der Waals surface area contributed by atoms with Crippen LogP contribution in [0.4, 0.5) is 5.82 Å². The third kappa shape index (κ3) is 2.84. The molecule has 0 atom stereocenters. The van der Waals surface area contributed by atoms with Crippen molar-refractivity contribution in [3.8, 4) is 0 Å². The number of nitrogen functional groups attached to an aromatic ring is 1. The minimum absolute atomic E-state index is 0.217. The smallest absolute Gasteiger partial charge is 0.155 e. The van der Waals surface area contributed by atoms with E-state index in [1.54, 1.807) is 0 Å². The van der Waals surface area contributed by atoms with Crippen LogP contribution in [0.25, 0.3) is 0 Å². The topological polar surface area (TPSA) is 68.9 Å². The van der Waals surface area contributed by atoms with Crippen molar-refractivity contribution in [2.75, 3.05) is 5.73 Å². The third-order valence-corrected chi connectivity index (χ3v) is 2.97. The fourth-order valence-electron chi connectivity index (χ4n) is 1.60. The van der Waals surface area contributed by atoms with E-state index in [1.165, 1.54) is 6.20 Å². The molecule has 1 heterocycles. The van der Waals surface area contributed by atoms with Crippen molar-refractivity contribution in [2.45, 2.75) is 12.8 Å². The molecule has 4 nitrogen and oxygen atoms in total. The van der Waals surface area contributed by atoms with Crippen molar-refractivity contribution in [2.24, 2.45) is 0 Å². The standard InChI is InChI=1S/C13H12ClN3O/c14-11-4-2-1-3-9(11)5-6-12-16-7-10(8-18)13(15)17-12/h1-4,7-8H,5-6H2,(H2,15,16,17). The number of hydrogen-bond donors (Lipinski definition) is 1. The van der Waals surface area contributed by atoms with Gasteiger partial charge in [-0.1, -0.05) is 29.8 Å². The van der Waals surface area contributed by atoms with Crippen LogP contribution in [-0.4, -0.2) is 16.3 Å². The quantitative estimate of drug-likeness (QED) is 0.858. The Morgan fingerprint density at radius 2 is 2.06 bits per heavy atom. The van der Waals surface area contributed by atoms with Gasteiger partial charge in [-0.2, -0.15) is 0 Å². The van der Waals surface area contributed by atoms with Gasteiger partial charge < -0.3 is 5.73 Å². The molecule has 0 fully saturated rings. The molecule has 0 radical (unpaired) electrons. The zero-order valence-electron chi connectivity index (χ0n) is 9.64. The number of nitrogens with two attached hydrogens (primary N) is 1. The van der Waals surface area contributed by atoms with Crippen molar-refractivity contribution < 1.29 is 4.79 Å². The fourth-order valence-corrected chi connectivity index (χ4v) is 1.83. The molecule has 18 heavy (non-hydrogen) atoms. The molecule has 0 bridgehead atoms. The van der Waals surface area contributed by atoms with Gasteiger partial charge in [-0.05, 0) is 18.1 Å². The van der Waals surface area contributed by atoms with Crippen LogP contribution in [0.2, 0.25) is 5.02 Å². The Morgan fingerprint density at radius 3 is 2.72 bits per heavy atom. The first-order chi connectivity index (χ1) is 8.70. The van der Waals surface area contributed by atoms with Gasteiger partial charge >= 0.3 is 0 Å². The van der Waals surface area contributed by atoms with E-state index in [1.807, 2.05) is 24.3 Å². The van der Waals surface area contributed by atoms with E-state index in [4.69, 9.17) is 17.3 Å². The first kappa shape index (κ1) is 12.5. The Bertz CT molecular complexity index is 572. The number of aldehydes is 1. The van der Waals surface area contributed by atoms with Crippen LogP contribution in [0.1, 0.15) is 21.7 Å². The van der Waals surface area contributed by atoms with Crippen molar-refractivity contribution >= 4 is 23.7 Å². The summed E-state index contributed by atoms with van der Waals surface area (Å²) in [4.78, 5) is 18.8. The van der Waals surface area contributed by atoms with Crippen molar-refractivity contribution in [3.05, 3.63) is 52.4 Å². The summed E-state index contributed by atoms with van der Waals surface area (Å²) in [6.07, 6.45) is 3.46. The summed E-state index contributed by atoms with van der Waals surface area (Å²) in [5.41, 5.74) is 6.98. The number of carbonyl (C=O) groups excluding carboxylic acids is 1. The normalized spacial score (nSPS) is 10.3. The summed E-state index contributed by atoms with van der Waals surface area (Å²) in [6.45, 7) is 0. The number of halogens is 1. The second kappa shape index (κ2) is 5.60. The summed E-state index contributed by atoms with van der Waals surface area (Å²) >= 11 is 6.06. The number of rotatable bonds is 4. The monoisotopic (exact) mass is 261 g/mol. The second-order valence-corrected chi connectivity index (χ2v) is 4.24. The largest absolute Gasteiger partial charge is 0.383 e. The van der Waals surface area contributed by atoms with E-state index in [2.05, 4.69) is 9.97 Å². The SMILES string of the molecule is Nc1nc(CCc2ccccc2Cl)ncc1C=O. The summed E-state index contributed by atoms with van der Waals surface area (Å²) in [6, 6.07) is 7.64. The Labute approximate surface area is 110 Å². The Hall–Kier alpha value is -1.94. The van der Waals surface area contributed by atoms with Crippen molar-refractivity contribution in [3.63, 3.8) is 0 Å². The fraction of sp³-hybridized carbons (Fsp3) is 0.154. The molecule has 1 aromatic heterocycles. The van der Waals surface area contributed by atoms with Crippen LogP contribution in [0, 0.1) is 0 Å². The zero-order valence-corrected chi connectivity index (χ0v) is 10.4. The molecular formula is C13H12ClN3O. The van der Waals surface area contributed by atoms with Crippen LogP contribution in [0.5, 0.6) is 0 Å². The van der Waals surface area contributed by atoms with E-state index in [-0.39, 0.29) is 5.82 Å².